The molecule has 0 saturated carbocycles. The number of hydrogen-bond acceptors (Lipinski definition) is 22. The van der Waals surface area contributed by atoms with Crippen LogP contribution in [0.25, 0.3) is 0 Å². The van der Waals surface area contributed by atoms with Crippen LogP contribution in [-0.2, 0) is 85.7 Å². The van der Waals surface area contributed by atoms with Crippen LogP contribution in [0.5, 0.6) is 0 Å². The average Bonchev–Trinajstić information content (AvgIpc) is 3.69. The Morgan fingerprint density at radius 1 is 0.347 bits per heavy atom. The topological polar surface area (TPSA) is 322 Å². The largest absolute Gasteiger partial charge is 0.480 e. The molecule has 0 aromatic carbocycles. The third-order valence-corrected chi connectivity index (χ3v) is 10.9. The molecule has 75 heavy (non-hydrogen) atoms. The molecule has 5 N–H and O–H groups in total. The van der Waals surface area contributed by atoms with Crippen LogP contribution in [0.15, 0.2) is 0 Å². The molecule has 0 aromatic rings. The maximum absolute atomic E-state index is 12.8. The fourth-order valence-electron chi connectivity index (χ4n) is 7.04. The second-order valence-corrected chi connectivity index (χ2v) is 16.9. The van der Waals surface area contributed by atoms with Crippen molar-refractivity contribution in [2.75, 3.05) is 244 Å². The van der Waals surface area contributed by atoms with Gasteiger partial charge in [-0.1, -0.05) is 0 Å². The van der Waals surface area contributed by atoms with Gasteiger partial charge < -0.3 is 78.1 Å². The zero-order valence-corrected chi connectivity index (χ0v) is 43.7. The molecule has 4 amide bonds. The van der Waals surface area contributed by atoms with E-state index in [9.17, 15) is 48.9 Å². The lowest BCUT2D eigenvalue weighted by Crippen LogP contribution is -2.50. The van der Waals surface area contributed by atoms with Crippen molar-refractivity contribution < 1.29 is 101 Å². The number of hydrogen-bond donors (Lipinski definition) is 5. The van der Waals surface area contributed by atoms with Gasteiger partial charge in [-0.05, 0) is 0 Å². The number of aliphatic carboxylic acids is 3. The number of rotatable bonds is 47. The standard InChI is InChI=1S/C47H85N7O21/c55-41(3-6-54-43(57)1-2-44(54)58)48-4-15-65-17-19-67-21-23-69-25-27-71-29-31-73-33-35-75-36-34-74-32-30-72-28-26-70-24-22-68-20-18-66-16-5-49-42(56)37-50-7-9-51(38-45(59)60)11-13-53(40-47(63)64)14-12-52(10-8-50)39-46(61)62/h1-40H2,(H,48,55)(H,49,56)(H,59,60)(H,61,62)(H,63,64). The molecule has 0 unspecified atom stereocenters. The van der Waals surface area contributed by atoms with E-state index in [4.69, 9.17) is 52.1 Å². The normalized spacial score (nSPS) is 15.8. The number of carbonyl (C=O) groups is 7. The van der Waals surface area contributed by atoms with Crippen molar-refractivity contribution in [3.8, 4) is 0 Å². The molecule has 0 aromatic heterocycles. The van der Waals surface area contributed by atoms with Gasteiger partial charge in [0.15, 0.2) is 0 Å². The summed E-state index contributed by atoms with van der Waals surface area (Å²) in [4.78, 5) is 90.2. The quantitative estimate of drug-likeness (QED) is 0.0291. The fourth-order valence-corrected chi connectivity index (χ4v) is 7.04. The first-order valence-electron chi connectivity index (χ1n) is 25.7. The highest BCUT2D eigenvalue weighted by atomic mass is 16.6. The first-order chi connectivity index (χ1) is 36.4. The third kappa shape index (κ3) is 39.9. The molecule has 2 rings (SSSR count). The van der Waals surface area contributed by atoms with Crippen molar-refractivity contribution in [2.45, 2.75) is 19.3 Å². The molecular formula is C47H85N7O21. The molecule has 2 heterocycles. The summed E-state index contributed by atoms with van der Waals surface area (Å²) in [5.74, 6) is -4.01. The van der Waals surface area contributed by atoms with Crippen LogP contribution >= 0.6 is 0 Å². The van der Waals surface area contributed by atoms with Gasteiger partial charge in [0.1, 0.15) is 0 Å². The van der Waals surface area contributed by atoms with Gasteiger partial charge in [0.25, 0.3) is 0 Å². The summed E-state index contributed by atoms with van der Waals surface area (Å²) in [6, 6.07) is 0. The molecule has 0 bridgehead atoms. The lowest BCUT2D eigenvalue weighted by molar-refractivity contribution is -0.140. The van der Waals surface area contributed by atoms with E-state index in [1.807, 2.05) is 4.90 Å². The molecule has 2 fully saturated rings. The van der Waals surface area contributed by atoms with E-state index >= 15 is 0 Å². The predicted octanol–water partition coefficient (Wildman–Crippen LogP) is -3.58. The minimum Gasteiger partial charge on any atom is -0.480 e. The Kier molecular flexibility index (Phi) is 41.1. The zero-order valence-electron chi connectivity index (χ0n) is 43.7. The molecule has 0 radical (unpaired) electrons. The van der Waals surface area contributed by atoms with Gasteiger partial charge in [0.2, 0.25) is 23.6 Å². The number of likely N-dealkylation sites (tertiary alicyclic amines) is 1. The highest BCUT2D eigenvalue weighted by Crippen LogP contribution is 2.11. The Labute approximate surface area is 439 Å². The molecule has 434 valence electrons. The summed E-state index contributed by atoms with van der Waals surface area (Å²) in [7, 11) is 0. The summed E-state index contributed by atoms with van der Waals surface area (Å²) in [6.07, 6.45) is 0.507. The number of ether oxygens (including phenoxy) is 11. The summed E-state index contributed by atoms with van der Waals surface area (Å²) in [6.45, 7) is 11.4. The van der Waals surface area contributed by atoms with E-state index in [1.165, 1.54) is 0 Å². The van der Waals surface area contributed by atoms with Gasteiger partial charge in [-0.15, -0.1) is 0 Å². The van der Waals surface area contributed by atoms with Crippen LogP contribution in [-0.4, -0.2) is 325 Å². The van der Waals surface area contributed by atoms with Crippen LogP contribution in [0.2, 0.25) is 0 Å². The maximum atomic E-state index is 12.8. The first-order valence-corrected chi connectivity index (χ1v) is 25.7. The van der Waals surface area contributed by atoms with Gasteiger partial charge >= 0.3 is 17.9 Å². The van der Waals surface area contributed by atoms with Crippen LogP contribution in [0.3, 0.4) is 0 Å². The van der Waals surface area contributed by atoms with Gasteiger partial charge in [-0.3, -0.25) is 58.1 Å². The van der Waals surface area contributed by atoms with Crippen LogP contribution in [0, 0.1) is 0 Å². The van der Waals surface area contributed by atoms with Gasteiger partial charge in [-0.2, -0.15) is 0 Å². The number of nitrogens with one attached hydrogen (secondary N) is 2. The first kappa shape index (κ1) is 67.0. The van der Waals surface area contributed by atoms with Gasteiger partial charge in [0.05, 0.1) is 172 Å². The zero-order chi connectivity index (χ0) is 54.4. The van der Waals surface area contributed by atoms with Crippen molar-refractivity contribution in [1.82, 2.24) is 35.1 Å². The highest BCUT2D eigenvalue weighted by molar-refractivity contribution is 6.02. The second-order valence-electron chi connectivity index (χ2n) is 16.9. The van der Waals surface area contributed by atoms with Gasteiger partial charge in [-0.25, -0.2) is 0 Å². The molecule has 2 aliphatic rings. The number of carboxylic acids is 3. The Hall–Kier alpha value is -4.11. The number of carbonyl (C=O) groups excluding carboxylic acids is 4. The van der Waals surface area contributed by atoms with E-state index in [0.717, 1.165) is 4.90 Å². The van der Waals surface area contributed by atoms with Crippen molar-refractivity contribution >= 4 is 41.5 Å². The number of nitrogens with zero attached hydrogens (tertiary/aromatic N) is 5. The summed E-state index contributed by atoms with van der Waals surface area (Å²) in [5, 5.41) is 33.7. The minimum absolute atomic E-state index is 0.0242. The molecule has 0 atom stereocenters. The van der Waals surface area contributed by atoms with E-state index in [2.05, 4.69) is 10.6 Å². The predicted molar refractivity (Wildman–Crippen MR) is 264 cm³/mol. The van der Waals surface area contributed by atoms with Crippen molar-refractivity contribution in [3.63, 3.8) is 0 Å². The Bertz CT molecular complexity index is 1510. The number of imide groups is 1. The average molecular weight is 1080 g/mol. The summed E-state index contributed by atoms with van der Waals surface area (Å²) < 4.78 is 60.4. The number of carboxylic acid groups (broad SMARTS) is 3. The molecule has 2 saturated heterocycles. The van der Waals surface area contributed by atoms with E-state index in [0.29, 0.717) is 198 Å². The van der Waals surface area contributed by atoms with Crippen molar-refractivity contribution in [3.05, 3.63) is 0 Å². The minimum atomic E-state index is -1.03. The lowest BCUT2D eigenvalue weighted by Gasteiger charge is -2.32. The molecule has 0 aliphatic carbocycles. The summed E-state index contributed by atoms with van der Waals surface area (Å²) >= 11 is 0. The monoisotopic (exact) mass is 1080 g/mol. The smallest absolute Gasteiger partial charge is 0.317 e. The molecule has 0 spiro atoms. The SMILES string of the molecule is O=C(O)CN1CCN(CC(=O)O)CCN(CC(=O)NCCOCCOCCOCCOCCOCCOCCOCCOCCOCCOCCOCCNC(=O)CCN2C(=O)CCC2=O)CCN(CC(=O)O)CC1. The van der Waals surface area contributed by atoms with E-state index in [-0.39, 0.29) is 88.8 Å². The number of amides is 4. The van der Waals surface area contributed by atoms with E-state index < -0.39 is 17.9 Å². The maximum Gasteiger partial charge on any atom is 0.317 e. The van der Waals surface area contributed by atoms with Crippen LogP contribution in [0.1, 0.15) is 19.3 Å². The lowest BCUT2D eigenvalue weighted by atomic mass is 10.3. The Morgan fingerprint density at radius 3 is 0.827 bits per heavy atom. The van der Waals surface area contributed by atoms with Crippen molar-refractivity contribution in [2.24, 2.45) is 0 Å². The molecule has 28 heteroatoms. The van der Waals surface area contributed by atoms with Crippen LogP contribution in [0.4, 0.5) is 0 Å². The Balaban J connectivity index is 1.29. The third-order valence-electron chi connectivity index (χ3n) is 10.9. The van der Waals surface area contributed by atoms with Gasteiger partial charge in [0, 0.05) is 91.3 Å². The molecule has 28 nitrogen and oxygen atoms in total. The van der Waals surface area contributed by atoms with Crippen LogP contribution < -0.4 is 10.6 Å². The highest BCUT2D eigenvalue weighted by Gasteiger charge is 2.29. The van der Waals surface area contributed by atoms with E-state index in [1.54, 1.807) is 14.7 Å². The Morgan fingerprint density at radius 2 is 0.573 bits per heavy atom. The molecular weight excluding hydrogens is 999 g/mol. The van der Waals surface area contributed by atoms with Crippen molar-refractivity contribution in [1.29, 1.82) is 0 Å². The molecule has 2 aliphatic heterocycles. The second kappa shape index (κ2) is 46.0. The fraction of sp³-hybridized carbons (Fsp3) is 0.851. The summed E-state index contributed by atoms with van der Waals surface area (Å²) in [5.41, 5.74) is 0.